The van der Waals surface area contributed by atoms with Crippen LogP contribution < -0.4 is 11.1 Å². The number of fused-ring (bicyclic) bond motifs is 1. The van der Waals surface area contributed by atoms with Gasteiger partial charge in [-0.15, -0.1) is 5.10 Å². The van der Waals surface area contributed by atoms with Crippen LogP contribution in [0.2, 0.25) is 10.2 Å². The highest BCUT2D eigenvalue weighted by Crippen LogP contribution is 2.32. The molecule has 0 bridgehead atoms. The van der Waals surface area contributed by atoms with Gasteiger partial charge in [0.15, 0.2) is 11.8 Å². The largest absolute Gasteiger partial charge is 0.380 e. The number of aromatic nitrogens is 4. The number of amides is 1. The number of benzene rings is 1. The molecule has 0 radical (unpaired) electrons. The number of nitrogens with two attached hydrogens (primary N) is 1. The molecule has 1 amide bonds. The summed E-state index contributed by atoms with van der Waals surface area (Å²) in [6.07, 6.45) is -0.867. The molecule has 0 aliphatic heterocycles. The molecule has 0 aliphatic rings. The zero-order valence-corrected chi connectivity index (χ0v) is 18.5. The van der Waals surface area contributed by atoms with E-state index in [1.54, 1.807) is 0 Å². The Morgan fingerprint density at radius 2 is 1.97 bits per heavy atom. The fourth-order valence-electron chi connectivity index (χ4n) is 3.23. The predicted octanol–water partition coefficient (Wildman–Crippen LogP) is 3.92. The van der Waals surface area contributed by atoms with Crippen LogP contribution in [-0.4, -0.2) is 43.1 Å². The summed E-state index contributed by atoms with van der Waals surface area (Å²) >= 11 is 11.7. The molecule has 34 heavy (non-hydrogen) atoms. The monoisotopic (exact) mass is 510 g/mol. The lowest BCUT2D eigenvalue weighted by Crippen LogP contribution is -2.41. The van der Waals surface area contributed by atoms with Crippen LogP contribution in [0.3, 0.4) is 0 Å². The molecule has 1 aromatic carbocycles. The second-order valence-corrected chi connectivity index (χ2v) is 8.00. The number of hydrogen-bond acceptors (Lipinski definition) is 6. The Bertz CT molecular complexity index is 1400. The van der Waals surface area contributed by atoms with E-state index in [0.29, 0.717) is 11.2 Å². The Morgan fingerprint density at radius 1 is 1.21 bits per heavy atom. The maximum absolute atomic E-state index is 15.3. The number of pyridine rings is 2. The van der Waals surface area contributed by atoms with Crippen LogP contribution in [0.4, 0.5) is 19.1 Å². The molecule has 13 heteroatoms. The molecule has 8 nitrogen and oxygen atoms in total. The zero-order chi connectivity index (χ0) is 24.6. The average Bonchev–Trinajstić information content (AvgIpc) is 3.16. The third kappa shape index (κ3) is 4.63. The van der Waals surface area contributed by atoms with Crippen LogP contribution in [-0.2, 0) is 0 Å². The molecule has 0 saturated heterocycles. The second kappa shape index (κ2) is 9.09. The number of aliphatic hydroxyl groups is 1. The van der Waals surface area contributed by atoms with Gasteiger partial charge in [-0.3, -0.25) is 4.79 Å². The Labute approximate surface area is 200 Å². The molecule has 3 aromatic heterocycles. The van der Waals surface area contributed by atoms with Crippen LogP contribution in [0.15, 0.2) is 48.7 Å². The van der Waals surface area contributed by atoms with Gasteiger partial charge in [-0.05, 0) is 42.0 Å². The van der Waals surface area contributed by atoms with Crippen LogP contribution >= 0.6 is 23.2 Å². The number of nitrogens with zero attached hydrogens (tertiary/aromatic N) is 4. The van der Waals surface area contributed by atoms with Crippen LogP contribution in [0.5, 0.6) is 0 Å². The van der Waals surface area contributed by atoms with E-state index in [4.69, 9.17) is 28.9 Å². The van der Waals surface area contributed by atoms with Crippen molar-refractivity contribution in [3.63, 3.8) is 0 Å². The van der Waals surface area contributed by atoms with Crippen molar-refractivity contribution in [1.29, 1.82) is 0 Å². The molecule has 3 heterocycles. The number of halogens is 5. The van der Waals surface area contributed by atoms with Gasteiger partial charge in [-0.25, -0.2) is 22.7 Å². The van der Waals surface area contributed by atoms with Gasteiger partial charge in [-0.1, -0.05) is 29.3 Å². The molecule has 176 valence electrons. The van der Waals surface area contributed by atoms with Crippen molar-refractivity contribution in [2.24, 2.45) is 0 Å². The molecule has 4 N–H and O–H groups in total. The summed E-state index contributed by atoms with van der Waals surface area (Å²) in [5.74, 6) is -6.04. The maximum atomic E-state index is 15.3. The van der Waals surface area contributed by atoms with E-state index in [1.807, 2.05) is 5.32 Å². The lowest BCUT2D eigenvalue weighted by atomic mass is 10.0. The van der Waals surface area contributed by atoms with E-state index >= 15 is 4.39 Å². The third-order valence-electron chi connectivity index (χ3n) is 4.88. The molecular weight excluding hydrogens is 496 g/mol. The van der Waals surface area contributed by atoms with Crippen molar-refractivity contribution in [1.82, 2.24) is 24.9 Å². The number of aliphatic hydroxyl groups excluding tert-OH is 1. The van der Waals surface area contributed by atoms with Crippen molar-refractivity contribution in [2.45, 2.75) is 12.0 Å². The first-order chi connectivity index (χ1) is 16.1. The van der Waals surface area contributed by atoms with Crippen LogP contribution in [0.1, 0.15) is 22.2 Å². The second-order valence-electron chi connectivity index (χ2n) is 7.20. The van der Waals surface area contributed by atoms with Gasteiger partial charge in [0.2, 0.25) is 5.95 Å². The average molecular weight is 511 g/mol. The van der Waals surface area contributed by atoms with Gasteiger partial charge in [-0.2, -0.15) is 4.98 Å². The highest BCUT2D eigenvalue weighted by molar-refractivity contribution is 6.34. The molecule has 1 atom stereocenters. The first-order valence-electron chi connectivity index (χ1n) is 9.63. The molecule has 4 rings (SSSR count). The van der Waals surface area contributed by atoms with Crippen LogP contribution in [0.25, 0.3) is 16.8 Å². The van der Waals surface area contributed by atoms with Gasteiger partial charge in [0.05, 0.1) is 22.8 Å². The predicted molar refractivity (Wildman–Crippen MR) is 119 cm³/mol. The summed E-state index contributed by atoms with van der Waals surface area (Å²) in [5.41, 5.74) is 5.17. The van der Waals surface area contributed by atoms with Crippen molar-refractivity contribution in [3.8, 4) is 11.1 Å². The number of nitrogen functional groups attached to an aromatic ring is 1. The van der Waals surface area contributed by atoms with Crippen molar-refractivity contribution < 1.29 is 23.1 Å². The van der Waals surface area contributed by atoms with Crippen molar-refractivity contribution in [3.05, 3.63) is 75.9 Å². The van der Waals surface area contributed by atoms with E-state index in [9.17, 15) is 18.7 Å². The molecule has 0 spiro atoms. The van der Waals surface area contributed by atoms with E-state index < -0.39 is 35.9 Å². The Morgan fingerprint density at radius 3 is 2.71 bits per heavy atom. The van der Waals surface area contributed by atoms with E-state index in [1.165, 1.54) is 47.1 Å². The van der Waals surface area contributed by atoms with Gasteiger partial charge < -0.3 is 16.2 Å². The Hall–Kier alpha value is -3.41. The summed E-state index contributed by atoms with van der Waals surface area (Å²) in [7, 11) is 0. The lowest BCUT2D eigenvalue weighted by Gasteiger charge is -2.23. The van der Waals surface area contributed by atoms with Crippen molar-refractivity contribution >= 4 is 40.7 Å². The number of carbonyl (C=O) groups is 1. The number of nitrogens with one attached hydrogen (secondary N) is 1. The first-order valence-corrected chi connectivity index (χ1v) is 10.4. The van der Waals surface area contributed by atoms with Crippen molar-refractivity contribution in [2.75, 3.05) is 12.3 Å². The summed E-state index contributed by atoms with van der Waals surface area (Å²) in [5, 5.41) is 15.5. The maximum Gasteiger partial charge on any atom is 0.295 e. The van der Waals surface area contributed by atoms with Gasteiger partial charge in [0.1, 0.15) is 11.0 Å². The standard InChI is InChI=1S/C21H15Cl2F3N6O2/c22-12-5-4-11(10-6-7-32-15(8-10)30-20(27)31-32)17(24)16(12)19(34)28-9-21(25,26)18(33)13-2-1-3-14(23)29-13/h1-8,18,33H,9H2,(H2,27,31)(H,28,34)/t18-/m0/s1. The van der Waals surface area contributed by atoms with Gasteiger partial charge in [0, 0.05) is 11.8 Å². The normalized spacial score (nSPS) is 12.6. The molecule has 4 aromatic rings. The minimum Gasteiger partial charge on any atom is -0.380 e. The van der Waals surface area contributed by atoms with E-state index in [2.05, 4.69) is 15.1 Å². The Kier molecular flexibility index (Phi) is 6.34. The number of anilines is 1. The highest BCUT2D eigenvalue weighted by atomic mass is 35.5. The molecule has 0 unspecified atom stereocenters. The summed E-state index contributed by atoms with van der Waals surface area (Å²) in [6, 6.07) is 9.45. The number of alkyl halides is 2. The molecule has 0 saturated carbocycles. The number of carbonyl (C=O) groups excluding carboxylic acids is 1. The molecular formula is C21H15Cl2F3N6O2. The number of rotatable bonds is 6. The van der Waals surface area contributed by atoms with E-state index in [-0.39, 0.29) is 27.4 Å². The first kappa shape index (κ1) is 23.7. The fraction of sp³-hybridized carbons (Fsp3) is 0.143. The summed E-state index contributed by atoms with van der Waals surface area (Å²) in [4.78, 5) is 20.2. The summed E-state index contributed by atoms with van der Waals surface area (Å²) < 4.78 is 45.7. The van der Waals surface area contributed by atoms with Gasteiger partial charge >= 0.3 is 0 Å². The quantitative estimate of drug-likeness (QED) is 0.338. The molecule has 0 aliphatic carbocycles. The Balaban J connectivity index is 1.58. The fourth-order valence-corrected chi connectivity index (χ4v) is 3.63. The smallest absolute Gasteiger partial charge is 0.295 e. The topological polar surface area (TPSA) is 118 Å². The minimum atomic E-state index is -3.84. The van der Waals surface area contributed by atoms with Crippen LogP contribution in [0, 0.1) is 5.82 Å². The lowest BCUT2D eigenvalue weighted by molar-refractivity contribution is -0.108. The zero-order valence-electron chi connectivity index (χ0n) is 17.0. The summed E-state index contributed by atoms with van der Waals surface area (Å²) in [6.45, 7) is -1.31. The SMILES string of the molecule is Nc1nc2cc(-c3ccc(Cl)c(C(=O)NCC(F)(F)[C@@H](O)c4cccc(Cl)n4)c3F)ccn2n1. The number of hydrogen-bond donors (Lipinski definition) is 3. The minimum absolute atomic E-state index is 0.0184. The third-order valence-corrected chi connectivity index (χ3v) is 5.41. The van der Waals surface area contributed by atoms with Gasteiger partial charge in [0.25, 0.3) is 11.8 Å². The highest BCUT2D eigenvalue weighted by Gasteiger charge is 2.41. The van der Waals surface area contributed by atoms with E-state index in [0.717, 1.165) is 6.07 Å². The molecule has 0 fully saturated rings.